The van der Waals surface area contributed by atoms with Crippen molar-refractivity contribution in [3.8, 4) is 0 Å². The van der Waals surface area contributed by atoms with Crippen molar-refractivity contribution < 1.29 is 5.11 Å². The van der Waals surface area contributed by atoms with Gasteiger partial charge in [0, 0.05) is 6.54 Å². The highest BCUT2D eigenvalue weighted by molar-refractivity contribution is 5.15. The standard InChI is InChI=1S/C18H30N2O/c1-18(21,15-19)10-5-11-20-12-8-17(9-13-20)14-16-6-3-2-4-7-16/h2-4,6-7,17,21H,5,8-15,19H2,1H3. The maximum absolute atomic E-state index is 9.92. The van der Waals surface area contributed by atoms with Crippen LogP contribution in [0.5, 0.6) is 0 Å². The maximum Gasteiger partial charge on any atom is 0.0741 e. The number of likely N-dealkylation sites (tertiary alicyclic amines) is 1. The number of hydrogen-bond acceptors (Lipinski definition) is 3. The first-order valence-electron chi connectivity index (χ1n) is 8.28. The molecular weight excluding hydrogens is 260 g/mol. The van der Waals surface area contributed by atoms with Gasteiger partial charge in [0.15, 0.2) is 0 Å². The molecule has 1 aromatic carbocycles. The van der Waals surface area contributed by atoms with E-state index in [-0.39, 0.29) is 0 Å². The fraction of sp³-hybridized carbons (Fsp3) is 0.667. The number of aliphatic hydroxyl groups is 1. The molecular formula is C18H30N2O. The Balaban J connectivity index is 1.64. The molecule has 0 radical (unpaired) electrons. The van der Waals surface area contributed by atoms with Crippen LogP contribution in [0.25, 0.3) is 0 Å². The molecule has 0 bridgehead atoms. The van der Waals surface area contributed by atoms with Crippen LogP contribution in [0.4, 0.5) is 0 Å². The highest BCUT2D eigenvalue weighted by Crippen LogP contribution is 2.22. The monoisotopic (exact) mass is 290 g/mol. The van der Waals surface area contributed by atoms with Gasteiger partial charge in [-0.25, -0.2) is 0 Å². The highest BCUT2D eigenvalue weighted by atomic mass is 16.3. The molecule has 0 aromatic heterocycles. The lowest BCUT2D eigenvalue weighted by Gasteiger charge is -2.32. The van der Waals surface area contributed by atoms with Gasteiger partial charge in [0.25, 0.3) is 0 Å². The van der Waals surface area contributed by atoms with E-state index in [4.69, 9.17) is 5.73 Å². The van der Waals surface area contributed by atoms with Gasteiger partial charge in [-0.15, -0.1) is 0 Å². The van der Waals surface area contributed by atoms with Crippen LogP contribution in [-0.4, -0.2) is 41.8 Å². The minimum absolute atomic E-state index is 0.353. The Morgan fingerprint density at radius 1 is 1.24 bits per heavy atom. The zero-order chi connectivity index (χ0) is 15.1. The van der Waals surface area contributed by atoms with E-state index in [9.17, 15) is 5.11 Å². The second-order valence-electron chi connectivity index (χ2n) is 6.78. The van der Waals surface area contributed by atoms with E-state index in [0.29, 0.717) is 6.54 Å². The predicted molar refractivity (Wildman–Crippen MR) is 88.2 cm³/mol. The smallest absolute Gasteiger partial charge is 0.0741 e. The second-order valence-corrected chi connectivity index (χ2v) is 6.78. The number of piperidine rings is 1. The number of hydrogen-bond donors (Lipinski definition) is 2. The summed E-state index contributed by atoms with van der Waals surface area (Å²) in [6, 6.07) is 10.8. The predicted octanol–water partition coefficient (Wildman–Crippen LogP) is 2.43. The van der Waals surface area contributed by atoms with E-state index in [2.05, 4.69) is 35.2 Å². The van der Waals surface area contributed by atoms with Crippen LogP contribution in [0.15, 0.2) is 30.3 Å². The Morgan fingerprint density at radius 3 is 2.52 bits per heavy atom. The van der Waals surface area contributed by atoms with Crippen molar-refractivity contribution in [1.29, 1.82) is 0 Å². The lowest BCUT2D eigenvalue weighted by atomic mass is 9.90. The SMILES string of the molecule is CC(O)(CN)CCCN1CCC(Cc2ccccc2)CC1. The van der Waals surface area contributed by atoms with Crippen molar-refractivity contribution in [3.63, 3.8) is 0 Å². The number of nitrogens with zero attached hydrogens (tertiary/aromatic N) is 1. The minimum atomic E-state index is -0.689. The Hall–Kier alpha value is -0.900. The zero-order valence-corrected chi connectivity index (χ0v) is 13.3. The van der Waals surface area contributed by atoms with Crippen molar-refractivity contribution in [2.24, 2.45) is 11.7 Å². The van der Waals surface area contributed by atoms with E-state index in [1.807, 2.05) is 6.92 Å². The Bertz CT molecular complexity index is 397. The molecule has 1 fully saturated rings. The number of nitrogens with two attached hydrogens (primary N) is 1. The molecule has 1 aliphatic rings. The van der Waals surface area contributed by atoms with Crippen LogP contribution in [0.3, 0.4) is 0 Å². The van der Waals surface area contributed by atoms with Crippen LogP contribution in [0.1, 0.15) is 38.2 Å². The summed E-state index contributed by atoms with van der Waals surface area (Å²) in [4.78, 5) is 2.54. The maximum atomic E-state index is 9.92. The summed E-state index contributed by atoms with van der Waals surface area (Å²) in [7, 11) is 0. The van der Waals surface area contributed by atoms with Crippen molar-refractivity contribution in [3.05, 3.63) is 35.9 Å². The van der Waals surface area contributed by atoms with Crippen LogP contribution in [0, 0.1) is 5.92 Å². The zero-order valence-electron chi connectivity index (χ0n) is 13.3. The molecule has 21 heavy (non-hydrogen) atoms. The summed E-state index contributed by atoms with van der Waals surface area (Å²) in [6.07, 6.45) is 5.64. The molecule has 3 nitrogen and oxygen atoms in total. The lowest BCUT2D eigenvalue weighted by molar-refractivity contribution is 0.0527. The molecule has 118 valence electrons. The molecule has 1 heterocycles. The number of benzene rings is 1. The molecule has 3 N–H and O–H groups in total. The molecule has 0 saturated carbocycles. The molecule has 3 heteroatoms. The quantitative estimate of drug-likeness (QED) is 0.811. The Morgan fingerprint density at radius 2 is 1.90 bits per heavy atom. The van der Waals surface area contributed by atoms with Crippen LogP contribution in [0.2, 0.25) is 0 Å². The van der Waals surface area contributed by atoms with Gasteiger partial charge in [-0.3, -0.25) is 0 Å². The first-order chi connectivity index (χ1) is 10.1. The van der Waals surface area contributed by atoms with Gasteiger partial charge in [-0.05, 0) is 70.1 Å². The molecule has 1 saturated heterocycles. The third kappa shape index (κ3) is 5.77. The first-order valence-corrected chi connectivity index (χ1v) is 8.28. The largest absolute Gasteiger partial charge is 0.389 e. The van der Waals surface area contributed by atoms with Crippen molar-refractivity contribution in [2.75, 3.05) is 26.2 Å². The molecule has 0 aliphatic carbocycles. The molecule has 0 spiro atoms. The Kier molecular flexibility index (Phi) is 6.22. The van der Waals surface area contributed by atoms with E-state index in [0.717, 1.165) is 25.3 Å². The van der Waals surface area contributed by atoms with Gasteiger partial charge in [0.2, 0.25) is 0 Å². The summed E-state index contributed by atoms with van der Waals surface area (Å²) in [6.45, 7) is 5.67. The van der Waals surface area contributed by atoms with E-state index < -0.39 is 5.60 Å². The molecule has 1 aliphatic heterocycles. The molecule has 0 amide bonds. The van der Waals surface area contributed by atoms with Crippen LogP contribution >= 0.6 is 0 Å². The van der Waals surface area contributed by atoms with Gasteiger partial charge in [-0.1, -0.05) is 30.3 Å². The van der Waals surface area contributed by atoms with Crippen molar-refractivity contribution >= 4 is 0 Å². The highest BCUT2D eigenvalue weighted by Gasteiger charge is 2.21. The molecule has 2 rings (SSSR count). The second kappa shape index (κ2) is 7.92. The Labute approximate surface area is 129 Å². The first kappa shape index (κ1) is 16.5. The van der Waals surface area contributed by atoms with Gasteiger partial charge >= 0.3 is 0 Å². The molecule has 1 atom stereocenters. The van der Waals surface area contributed by atoms with Crippen molar-refractivity contribution in [1.82, 2.24) is 4.90 Å². The van der Waals surface area contributed by atoms with E-state index in [1.54, 1.807) is 0 Å². The summed E-state index contributed by atoms with van der Waals surface area (Å²) in [5.41, 5.74) is 6.33. The molecule has 1 unspecified atom stereocenters. The average molecular weight is 290 g/mol. The summed E-state index contributed by atoms with van der Waals surface area (Å²) < 4.78 is 0. The van der Waals surface area contributed by atoms with Gasteiger partial charge in [0.1, 0.15) is 0 Å². The van der Waals surface area contributed by atoms with E-state index in [1.165, 1.54) is 37.9 Å². The lowest BCUT2D eigenvalue weighted by Crippen LogP contribution is -2.38. The fourth-order valence-corrected chi connectivity index (χ4v) is 3.15. The van der Waals surface area contributed by atoms with Gasteiger partial charge in [0.05, 0.1) is 5.60 Å². The van der Waals surface area contributed by atoms with E-state index >= 15 is 0 Å². The third-order valence-corrected chi connectivity index (χ3v) is 4.70. The normalized spacial score (nSPS) is 20.3. The topological polar surface area (TPSA) is 49.5 Å². The van der Waals surface area contributed by atoms with Gasteiger partial charge in [-0.2, -0.15) is 0 Å². The van der Waals surface area contributed by atoms with Crippen LogP contribution in [-0.2, 0) is 6.42 Å². The summed E-state index contributed by atoms with van der Waals surface area (Å²) in [5.74, 6) is 0.829. The summed E-state index contributed by atoms with van der Waals surface area (Å²) >= 11 is 0. The van der Waals surface area contributed by atoms with Gasteiger partial charge < -0.3 is 15.7 Å². The van der Waals surface area contributed by atoms with Crippen molar-refractivity contribution in [2.45, 2.75) is 44.6 Å². The summed E-state index contributed by atoms with van der Waals surface area (Å²) in [5, 5.41) is 9.92. The average Bonchev–Trinajstić information content (AvgIpc) is 2.50. The third-order valence-electron chi connectivity index (χ3n) is 4.70. The molecule has 1 aromatic rings. The fourth-order valence-electron chi connectivity index (χ4n) is 3.15. The van der Waals surface area contributed by atoms with Crippen LogP contribution < -0.4 is 5.73 Å². The number of rotatable bonds is 7. The minimum Gasteiger partial charge on any atom is -0.389 e.